The van der Waals surface area contributed by atoms with Crippen molar-refractivity contribution in [3.05, 3.63) is 71.3 Å². The Balaban J connectivity index is 2.18. The number of carbonyl (C=O) groups is 1. The molecule has 0 saturated carbocycles. The molecule has 0 aromatic heterocycles. The fourth-order valence-corrected chi connectivity index (χ4v) is 2.67. The molecule has 3 aromatic rings. The lowest BCUT2D eigenvalue weighted by atomic mass is 9.94. The number of carbonyl (C=O) groups excluding carboxylic acids is 1. The number of fused-ring (bicyclic) bond motifs is 1. The first-order valence-corrected chi connectivity index (χ1v) is 7.20. The van der Waals surface area contributed by atoms with Gasteiger partial charge in [-0.15, -0.1) is 0 Å². The zero-order chi connectivity index (χ0) is 16.4. The van der Waals surface area contributed by atoms with Gasteiger partial charge in [-0.25, -0.2) is 4.79 Å². The van der Waals surface area contributed by atoms with Crippen LogP contribution in [0.15, 0.2) is 54.6 Å². The van der Waals surface area contributed by atoms with Crippen LogP contribution < -0.4 is 0 Å². The van der Waals surface area contributed by atoms with Crippen molar-refractivity contribution in [2.24, 2.45) is 0 Å². The predicted octanol–water partition coefficient (Wildman–Crippen LogP) is 3.63. The molecule has 2 N–H and O–H groups in total. The molecule has 0 spiro atoms. The van der Waals surface area contributed by atoms with Crippen molar-refractivity contribution in [2.45, 2.75) is 6.42 Å². The van der Waals surface area contributed by atoms with Crippen LogP contribution in [-0.2, 0) is 11.2 Å². The van der Waals surface area contributed by atoms with Crippen LogP contribution in [0, 0.1) is 0 Å². The molecule has 0 radical (unpaired) electrons. The largest absolute Gasteiger partial charge is 0.508 e. The van der Waals surface area contributed by atoms with E-state index in [4.69, 9.17) is 4.74 Å². The van der Waals surface area contributed by atoms with Crippen LogP contribution in [0.25, 0.3) is 10.8 Å². The third-order valence-electron chi connectivity index (χ3n) is 3.85. The van der Waals surface area contributed by atoms with E-state index in [9.17, 15) is 15.0 Å². The average Bonchev–Trinajstić information content (AvgIpc) is 2.58. The smallest absolute Gasteiger partial charge is 0.341 e. The minimum atomic E-state index is -0.569. The van der Waals surface area contributed by atoms with Crippen molar-refractivity contribution in [3.8, 4) is 11.5 Å². The molecule has 0 atom stereocenters. The molecule has 0 heterocycles. The third-order valence-corrected chi connectivity index (χ3v) is 3.85. The van der Waals surface area contributed by atoms with E-state index < -0.39 is 5.97 Å². The average molecular weight is 308 g/mol. The van der Waals surface area contributed by atoms with Crippen LogP contribution in [-0.4, -0.2) is 23.3 Å². The van der Waals surface area contributed by atoms with Crippen molar-refractivity contribution in [1.29, 1.82) is 0 Å². The molecule has 0 bridgehead atoms. The van der Waals surface area contributed by atoms with Crippen molar-refractivity contribution in [3.63, 3.8) is 0 Å². The Morgan fingerprint density at radius 1 is 1.04 bits per heavy atom. The molecule has 0 fully saturated rings. The fraction of sp³-hybridized carbons (Fsp3) is 0.105. The Bertz CT molecular complexity index is 866. The molecule has 116 valence electrons. The number of aromatic hydroxyl groups is 2. The number of rotatable bonds is 3. The second-order valence-corrected chi connectivity index (χ2v) is 5.31. The summed E-state index contributed by atoms with van der Waals surface area (Å²) in [6.07, 6.45) is 0.442. The van der Waals surface area contributed by atoms with Gasteiger partial charge in [-0.05, 0) is 34.5 Å². The number of benzene rings is 3. The number of esters is 1. The van der Waals surface area contributed by atoms with Crippen molar-refractivity contribution in [1.82, 2.24) is 0 Å². The van der Waals surface area contributed by atoms with Gasteiger partial charge < -0.3 is 14.9 Å². The van der Waals surface area contributed by atoms with Gasteiger partial charge in [0.15, 0.2) is 0 Å². The summed E-state index contributed by atoms with van der Waals surface area (Å²) in [5.74, 6) is -0.449. The number of methoxy groups -OCH3 is 1. The second-order valence-electron chi connectivity index (χ2n) is 5.31. The number of phenolic OH excluding ortho intramolecular Hbond substituents is 2. The molecule has 0 amide bonds. The molecule has 4 heteroatoms. The number of hydrogen-bond donors (Lipinski definition) is 2. The maximum absolute atomic E-state index is 11.9. The molecule has 0 aliphatic carbocycles. The Hall–Kier alpha value is -3.01. The summed E-state index contributed by atoms with van der Waals surface area (Å²) in [6, 6.07) is 16.0. The topological polar surface area (TPSA) is 66.8 Å². The van der Waals surface area contributed by atoms with Gasteiger partial charge in [-0.2, -0.15) is 0 Å². The standard InChI is InChI=1S/C19H16O4/c1-23-19(22)17-11-13-4-2-3-5-15(13)16(18(17)21)10-12-6-8-14(20)9-7-12/h2-9,11,20-21H,10H2,1H3. The van der Waals surface area contributed by atoms with Gasteiger partial charge >= 0.3 is 5.97 Å². The minimum Gasteiger partial charge on any atom is -0.508 e. The van der Waals surface area contributed by atoms with Gasteiger partial charge in [0.1, 0.15) is 17.1 Å². The number of ether oxygens (including phenoxy) is 1. The predicted molar refractivity (Wildman–Crippen MR) is 87.9 cm³/mol. The van der Waals surface area contributed by atoms with E-state index in [1.54, 1.807) is 30.3 Å². The summed E-state index contributed by atoms with van der Waals surface area (Å²) in [7, 11) is 1.29. The maximum Gasteiger partial charge on any atom is 0.341 e. The summed E-state index contributed by atoms with van der Waals surface area (Å²) >= 11 is 0. The van der Waals surface area contributed by atoms with Gasteiger partial charge in [-0.3, -0.25) is 0 Å². The Kier molecular flexibility index (Phi) is 3.89. The zero-order valence-electron chi connectivity index (χ0n) is 12.6. The third kappa shape index (κ3) is 2.83. The lowest BCUT2D eigenvalue weighted by molar-refractivity contribution is 0.0597. The number of phenols is 2. The van der Waals surface area contributed by atoms with E-state index in [0.29, 0.717) is 12.0 Å². The zero-order valence-corrected chi connectivity index (χ0v) is 12.6. The van der Waals surface area contributed by atoms with Gasteiger partial charge in [0.2, 0.25) is 0 Å². The SMILES string of the molecule is COC(=O)c1cc2ccccc2c(Cc2ccc(O)cc2)c1O. The van der Waals surface area contributed by atoms with Crippen LogP contribution in [0.1, 0.15) is 21.5 Å². The molecular formula is C19H16O4. The van der Waals surface area contributed by atoms with E-state index in [1.807, 2.05) is 24.3 Å². The highest BCUT2D eigenvalue weighted by Gasteiger charge is 2.18. The van der Waals surface area contributed by atoms with E-state index in [2.05, 4.69) is 0 Å². The van der Waals surface area contributed by atoms with Gasteiger partial charge in [0, 0.05) is 12.0 Å². The fourth-order valence-electron chi connectivity index (χ4n) is 2.67. The van der Waals surface area contributed by atoms with E-state index in [0.717, 1.165) is 16.3 Å². The molecule has 3 rings (SSSR count). The van der Waals surface area contributed by atoms with E-state index >= 15 is 0 Å². The van der Waals surface area contributed by atoms with Gasteiger partial charge in [0.25, 0.3) is 0 Å². The molecule has 0 unspecified atom stereocenters. The molecule has 3 aromatic carbocycles. The summed E-state index contributed by atoms with van der Waals surface area (Å²) in [4.78, 5) is 11.9. The van der Waals surface area contributed by atoms with Crippen LogP contribution >= 0.6 is 0 Å². The van der Waals surface area contributed by atoms with Crippen molar-refractivity contribution in [2.75, 3.05) is 7.11 Å². The summed E-state index contributed by atoms with van der Waals surface area (Å²) in [5, 5.41) is 21.7. The first kappa shape index (κ1) is 14.9. The lowest BCUT2D eigenvalue weighted by Crippen LogP contribution is -2.04. The first-order chi connectivity index (χ1) is 11.1. The van der Waals surface area contributed by atoms with Gasteiger partial charge in [0.05, 0.1) is 7.11 Å². The molecule has 4 nitrogen and oxygen atoms in total. The van der Waals surface area contributed by atoms with E-state index in [-0.39, 0.29) is 17.1 Å². The monoisotopic (exact) mass is 308 g/mol. The summed E-state index contributed by atoms with van der Waals surface area (Å²) in [6.45, 7) is 0. The quantitative estimate of drug-likeness (QED) is 0.725. The highest BCUT2D eigenvalue weighted by atomic mass is 16.5. The second kappa shape index (κ2) is 6.01. The molecule has 0 saturated heterocycles. The first-order valence-electron chi connectivity index (χ1n) is 7.20. The summed E-state index contributed by atoms with van der Waals surface area (Å²) < 4.78 is 4.75. The van der Waals surface area contributed by atoms with Crippen LogP contribution in [0.2, 0.25) is 0 Å². The van der Waals surface area contributed by atoms with Crippen LogP contribution in [0.3, 0.4) is 0 Å². The van der Waals surface area contributed by atoms with Crippen LogP contribution in [0.4, 0.5) is 0 Å². The molecule has 23 heavy (non-hydrogen) atoms. The lowest BCUT2D eigenvalue weighted by Gasteiger charge is -2.13. The molecule has 0 aliphatic rings. The normalized spacial score (nSPS) is 10.7. The van der Waals surface area contributed by atoms with Crippen molar-refractivity contribution >= 4 is 16.7 Å². The van der Waals surface area contributed by atoms with Gasteiger partial charge in [-0.1, -0.05) is 36.4 Å². The highest BCUT2D eigenvalue weighted by molar-refractivity contribution is 6.00. The Morgan fingerprint density at radius 3 is 2.43 bits per heavy atom. The molecule has 0 aliphatic heterocycles. The Morgan fingerprint density at radius 2 is 1.74 bits per heavy atom. The number of hydrogen-bond acceptors (Lipinski definition) is 4. The van der Waals surface area contributed by atoms with E-state index in [1.165, 1.54) is 7.11 Å². The Labute approximate surface area is 133 Å². The van der Waals surface area contributed by atoms with Crippen molar-refractivity contribution < 1.29 is 19.7 Å². The van der Waals surface area contributed by atoms with Crippen LogP contribution in [0.5, 0.6) is 11.5 Å². The highest BCUT2D eigenvalue weighted by Crippen LogP contribution is 2.33. The minimum absolute atomic E-state index is 0.0661. The maximum atomic E-state index is 11.9. The molecular weight excluding hydrogens is 292 g/mol. The summed E-state index contributed by atoms with van der Waals surface area (Å²) in [5.41, 5.74) is 1.74.